The maximum atomic E-state index is 11.5. The van der Waals surface area contributed by atoms with E-state index in [9.17, 15) is 14.9 Å². The smallest absolute Gasteiger partial charge is 0.292 e. The molecule has 0 saturated heterocycles. The third kappa shape index (κ3) is 4.45. The van der Waals surface area contributed by atoms with Crippen molar-refractivity contribution >= 4 is 17.3 Å². The van der Waals surface area contributed by atoms with E-state index in [1.165, 1.54) is 18.2 Å². The zero-order chi connectivity index (χ0) is 15.2. The summed E-state index contributed by atoms with van der Waals surface area (Å²) in [6.45, 7) is 0.438. The molecule has 1 aromatic rings. The molecule has 1 aliphatic carbocycles. The molecule has 0 aromatic heterocycles. The molecule has 1 fully saturated rings. The summed E-state index contributed by atoms with van der Waals surface area (Å²) >= 11 is 0. The molecule has 0 atom stereocenters. The number of rotatable bonds is 7. The fourth-order valence-corrected chi connectivity index (χ4v) is 1.91. The van der Waals surface area contributed by atoms with Gasteiger partial charge >= 0.3 is 0 Å². The second kappa shape index (κ2) is 6.70. The van der Waals surface area contributed by atoms with Crippen LogP contribution in [0.15, 0.2) is 18.2 Å². The van der Waals surface area contributed by atoms with Crippen LogP contribution in [0.2, 0.25) is 0 Å². The van der Waals surface area contributed by atoms with Crippen LogP contribution >= 0.6 is 0 Å². The van der Waals surface area contributed by atoms with Crippen molar-refractivity contribution in [1.82, 2.24) is 5.32 Å². The van der Waals surface area contributed by atoms with E-state index in [0.717, 1.165) is 12.8 Å². The molecule has 1 amide bonds. The molecule has 1 aliphatic rings. The number of nitrogens with one attached hydrogen (secondary N) is 2. The average Bonchev–Trinajstić information content (AvgIpc) is 3.27. The largest absolute Gasteiger partial charge is 0.379 e. The lowest BCUT2D eigenvalue weighted by Gasteiger charge is -2.07. The highest BCUT2D eigenvalue weighted by Crippen LogP contribution is 2.25. The van der Waals surface area contributed by atoms with Gasteiger partial charge in [0.25, 0.3) is 5.69 Å². The lowest BCUT2D eigenvalue weighted by atomic mass is 10.2. The molecule has 0 spiro atoms. The maximum absolute atomic E-state index is 11.5. The van der Waals surface area contributed by atoms with E-state index in [4.69, 9.17) is 5.26 Å². The van der Waals surface area contributed by atoms with Gasteiger partial charge < -0.3 is 10.6 Å². The van der Waals surface area contributed by atoms with Gasteiger partial charge in [0.15, 0.2) is 0 Å². The van der Waals surface area contributed by atoms with E-state index in [-0.39, 0.29) is 11.6 Å². The summed E-state index contributed by atoms with van der Waals surface area (Å²) in [5, 5.41) is 25.5. The Morgan fingerprint density at radius 2 is 2.24 bits per heavy atom. The third-order valence-electron chi connectivity index (χ3n) is 3.16. The normalized spacial score (nSPS) is 13.3. The van der Waals surface area contributed by atoms with Crippen LogP contribution in [-0.2, 0) is 4.79 Å². The van der Waals surface area contributed by atoms with Gasteiger partial charge in [-0.05, 0) is 31.4 Å². The minimum Gasteiger partial charge on any atom is -0.379 e. The highest BCUT2D eigenvalue weighted by atomic mass is 16.6. The first-order valence-corrected chi connectivity index (χ1v) is 6.82. The number of carbonyl (C=O) groups is 1. The Hall–Kier alpha value is -2.62. The molecule has 0 radical (unpaired) electrons. The number of amides is 1. The molecule has 7 nitrogen and oxygen atoms in total. The van der Waals surface area contributed by atoms with Crippen molar-refractivity contribution in [3.05, 3.63) is 33.9 Å². The summed E-state index contributed by atoms with van der Waals surface area (Å²) in [6, 6.07) is 6.45. The maximum Gasteiger partial charge on any atom is 0.292 e. The van der Waals surface area contributed by atoms with E-state index in [2.05, 4.69) is 10.6 Å². The van der Waals surface area contributed by atoms with Crippen LogP contribution < -0.4 is 10.6 Å². The molecule has 0 aliphatic heterocycles. The molecule has 1 saturated carbocycles. The molecule has 1 aromatic carbocycles. The summed E-state index contributed by atoms with van der Waals surface area (Å²) in [5.41, 5.74) is 0.590. The van der Waals surface area contributed by atoms with Crippen molar-refractivity contribution in [2.75, 3.05) is 11.9 Å². The summed E-state index contributed by atoms with van der Waals surface area (Å²) < 4.78 is 0. The van der Waals surface area contributed by atoms with Crippen LogP contribution in [0.25, 0.3) is 0 Å². The Labute approximate surface area is 122 Å². The lowest BCUT2D eigenvalue weighted by Crippen LogP contribution is -2.25. The standard InChI is InChI=1S/C14H16N4O3/c15-9-10-3-6-13(18(20)21)12(8-10)16-7-1-2-14(19)17-11-4-5-11/h3,6,8,11,16H,1-2,4-5,7H2,(H,17,19). The molecular formula is C14H16N4O3. The van der Waals surface area contributed by atoms with Crippen LogP contribution in [0.3, 0.4) is 0 Å². The number of nitriles is 1. The topological polar surface area (TPSA) is 108 Å². The number of hydrogen-bond donors (Lipinski definition) is 2. The Bertz CT molecular complexity index is 590. The molecule has 0 unspecified atom stereocenters. The van der Waals surface area contributed by atoms with Gasteiger partial charge in [0.1, 0.15) is 5.69 Å². The van der Waals surface area contributed by atoms with Crippen LogP contribution in [0, 0.1) is 21.4 Å². The molecule has 2 N–H and O–H groups in total. The Kier molecular flexibility index (Phi) is 4.72. The fraction of sp³-hybridized carbons (Fsp3) is 0.429. The van der Waals surface area contributed by atoms with Gasteiger partial charge in [0, 0.05) is 25.1 Å². The fourth-order valence-electron chi connectivity index (χ4n) is 1.91. The number of nitro groups is 1. The van der Waals surface area contributed by atoms with Crippen LogP contribution in [0.4, 0.5) is 11.4 Å². The number of nitro benzene ring substituents is 1. The van der Waals surface area contributed by atoms with E-state index < -0.39 is 4.92 Å². The number of hydrogen-bond acceptors (Lipinski definition) is 5. The van der Waals surface area contributed by atoms with Gasteiger partial charge in [-0.3, -0.25) is 14.9 Å². The van der Waals surface area contributed by atoms with Gasteiger partial charge in [-0.2, -0.15) is 5.26 Å². The predicted octanol–water partition coefficient (Wildman–Crippen LogP) is 1.94. The van der Waals surface area contributed by atoms with E-state index in [0.29, 0.717) is 36.7 Å². The second-order valence-corrected chi connectivity index (χ2v) is 4.97. The van der Waals surface area contributed by atoms with Crippen LogP contribution in [0.5, 0.6) is 0 Å². The van der Waals surface area contributed by atoms with Gasteiger partial charge in [-0.15, -0.1) is 0 Å². The summed E-state index contributed by atoms with van der Waals surface area (Å²) in [6.07, 6.45) is 3.07. The molecule has 2 rings (SSSR count). The van der Waals surface area contributed by atoms with E-state index in [1.807, 2.05) is 6.07 Å². The number of anilines is 1. The quantitative estimate of drug-likeness (QED) is 0.453. The molecule has 0 bridgehead atoms. The minimum absolute atomic E-state index is 0.0135. The monoisotopic (exact) mass is 288 g/mol. The van der Waals surface area contributed by atoms with E-state index >= 15 is 0 Å². The lowest BCUT2D eigenvalue weighted by molar-refractivity contribution is -0.384. The predicted molar refractivity (Wildman–Crippen MR) is 76.7 cm³/mol. The number of benzene rings is 1. The van der Waals surface area contributed by atoms with Gasteiger partial charge in [-0.25, -0.2) is 0 Å². The second-order valence-electron chi connectivity index (χ2n) is 4.97. The average molecular weight is 288 g/mol. The van der Waals surface area contributed by atoms with Gasteiger partial charge in [0.2, 0.25) is 5.91 Å². The molecule has 110 valence electrons. The van der Waals surface area contributed by atoms with Crippen molar-refractivity contribution < 1.29 is 9.72 Å². The molecular weight excluding hydrogens is 272 g/mol. The van der Waals surface area contributed by atoms with Gasteiger partial charge in [-0.1, -0.05) is 0 Å². The van der Waals surface area contributed by atoms with Gasteiger partial charge in [0.05, 0.1) is 16.6 Å². The highest BCUT2D eigenvalue weighted by Gasteiger charge is 2.22. The van der Waals surface area contributed by atoms with Crippen molar-refractivity contribution in [1.29, 1.82) is 5.26 Å². The Morgan fingerprint density at radius 3 is 2.86 bits per heavy atom. The first-order chi connectivity index (χ1) is 10.1. The highest BCUT2D eigenvalue weighted by molar-refractivity contribution is 5.76. The SMILES string of the molecule is N#Cc1ccc([N+](=O)[O-])c(NCCCC(=O)NC2CC2)c1. The van der Waals surface area contributed by atoms with Crippen molar-refractivity contribution in [3.8, 4) is 6.07 Å². The Morgan fingerprint density at radius 1 is 1.48 bits per heavy atom. The molecule has 21 heavy (non-hydrogen) atoms. The summed E-state index contributed by atoms with van der Waals surface area (Å²) in [5.74, 6) is 0.0135. The summed E-state index contributed by atoms with van der Waals surface area (Å²) in [7, 11) is 0. The minimum atomic E-state index is -0.497. The first-order valence-electron chi connectivity index (χ1n) is 6.82. The number of carbonyl (C=O) groups excluding carboxylic acids is 1. The third-order valence-corrected chi connectivity index (χ3v) is 3.16. The zero-order valence-corrected chi connectivity index (χ0v) is 11.5. The zero-order valence-electron chi connectivity index (χ0n) is 11.5. The van der Waals surface area contributed by atoms with Crippen molar-refractivity contribution in [3.63, 3.8) is 0 Å². The van der Waals surface area contributed by atoms with Crippen LogP contribution in [0.1, 0.15) is 31.2 Å². The van der Waals surface area contributed by atoms with Crippen molar-refractivity contribution in [2.45, 2.75) is 31.7 Å². The van der Waals surface area contributed by atoms with Crippen molar-refractivity contribution in [2.24, 2.45) is 0 Å². The molecule has 7 heteroatoms. The summed E-state index contributed by atoms with van der Waals surface area (Å²) in [4.78, 5) is 21.9. The number of nitrogens with zero attached hydrogens (tertiary/aromatic N) is 2. The molecule has 0 heterocycles. The Balaban J connectivity index is 1.85. The first kappa shape index (κ1) is 14.8. The van der Waals surface area contributed by atoms with E-state index in [1.54, 1.807) is 0 Å². The van der Waals surface area contributed by atoms with Crippen LogP contribution in [-0.4, -0.2) is 23.4 Å².